The lowest BCUT2D eigenvalue weighted by Crippen LogP contribution is -2.47. The van der Waals surface area contributed by atoms with Gasteiger partial charge in [0.15, 0.2) is 5.58 Å². The SMILES string of the molecule is COc1ccccc1N1CCN(C[C@H](O)c2ccc3c(c2)oc(=O)n3C)CC1. The van der Waals surface area contributed by atoms with Crippen molar-refractivity contribution in [1.82, 2.24) is 9.47 Å². The highest BCUT2D eigenvalue weighted by Crippen LogP contribution is 2.28. The largest absolute Gasteiger partial charge is 0.495 e. The van der Waals surface area contributed by atoms with E-state index in [-0.39, 0.29) is 0 Å². The number of hydrogen-bond acceptors (Lipinski definition) is 6. The first-order valence-corrected chi connectivity index (χ1v) is 9.44. The number of β-amino-alcohol motifs (C(OH)–C–C–N with tert-alkyl or cyclic N) is 1. The summed E-state index contributed by atoms with van der Waals surface area (Å²) >= 11 is 0. The highest BCUT2D eigenvalue weighted by atomic mass is 16.5. The van der Waals surface area contributed by atoms with Gasteiger partial charge in [0.05, 0.1) is 24.4 Å². The van der Waals surface area contributed by atoms with Crippen LogP contribution in [-0.2, 0) is 7.05 Å². The number of aliphatic hydroxyl groups is 1. The van der Waals surface area contributed by atoms with Crippen molar-refractivity contribution < 1.29 is 14.3 Å². The third-order valence-corrected chi connectivity index (χ3v) is 5.43. The second kappa shape index (κ2) is 7.69. The van der Waals surface area contributed by atoms with Gasteiger partial charge < -0.3 is 19.2 Å². The fourth-order valence-electron chi connectivity index (χ4n) is 3.77. The van der Waals surface area contributed by atoms with Crippen molar-refractivity contribution in [3.8, 4) is 5.75 Å². The van der Waals surface area contributed by atoms with Crippen molar-refractivity contribution in [3.63, 3.8) is 0 Å². The standard InChI is InChI=1S/C21H25N3O4/c1-22-16-8-7-15(13-20(16)28-21(22)26)18(25)14-23-9-11-24(12-10-23)17-5-3-4-6-19(17)27-2/h3-8,13,18,25H,9-12,14H2,1-2H3/t18-/m0/s1. The number of anilines is 1. The van der Waals surface area contributed by atoms with Crippen LogP contribution in [0.15, 0.2) is 51.7 Å². The number of hydrogen-bond donors (Lipinski definition) is 1. The Bertz CT molecular complexity index is 1020. The van der Waals surface area contributed by atoms with E-state index in [1.54, 1.807) is 20.2 Å². The topological polar surface area (TPSA) is 71.1 Å². The third-order valence-electron chi connectivity index (χ3n) is 5.43. The fourth-order valence-corrected chi connectivity index (χ4v) is 3.77. The third kappa shape index (κ3) is 3.50. The zero-order valence-corrected chi connectivity index (χ0v) is 16.2. The van der Waals surface area contributed by atoms with Crippen LogP contribution in [0.25, 0.3) is 11.1 Å². The van der Waals surface area contributed by atoms with Gasteiger partial charge in [-0.25, -0.2) is 4.79 Å². The molecule has 0 amide bonds. The molecule has 1 aliphatic heterocycles. The first-order chi connectivity index (χ1) is 13.6. The van der Waals surface area contributed by atoms with E-state index in [1.165, 1.54) is 4.57 Å². The van der Waals surface area contributed by atoms with Gasteiger partial charge in [-0.15, -0.1) is 0 Å². The lowest BCUT2D eigenvalue weighted by atomic mass is 10.1. The molecule has 2 heterocycles. The molecule has 0 saturated carbocycles. The Hall–Kier alpha value is -2.77. The maximum absolute atomic E-state index is 11.6. The minimum absolute atomic E-state index is 0.394. The number of piperazine rings is 1. The molecule has 1 saturated heterocycles. The monoisotopic (exact) mass is 383 g/mol. The number of fused-ring (bicyclic) bond motifs is 1. The van der Waals surface area contributed by atoms with Gasteiger partial charge in [-0.1, -0.05) is 18.2 Å². The van der Waals surface area contributed by atoms with E-state index in [2.05, 4.69) is 15.9 Å². The second-order valence-electron chi connectivity index (χ2n) is 7.13. The summed E-state index contributed by atoms with van der Waals surface area (Å²) in [5, 5.41) is 10.7. The maximum Gasteiger partial charge on any atom is 0.419 e. The highest BCUT2D eigenvalue weighted by Gasteiger charge is 2.22. The van der Waals surface area contributed by atoms with Crippen LogP contribution in [0.1, 0.15) is 11.7 Å². The van der Waals surface area contributed by atoms with Crippen LogP contribution in [0.2, 0.25) is 0 Å². The molecule has 1 N–H and O–H groups in total. The number of aliphatic hydroxyl groups excluding tert-OH is 1. The predicted octanol–water partition coefficient (Wildman–Crippen LogP) is 2.00. The van der Waals surface area contributed by atoms with Gasteiger partial charge in [-0.3, -0.25) is 9.47 Å². The van der Waals surface area contributed by atoms with E-state index in [4.69, 9.17) is 9.15 Å². The number of nitrogens with zero attached hydrogens (tertiary/aromatic N) is 3. The Morgan fingerprint density at radius 1 is 1.14 bits per heavy atom. The normalized spacial score (nSPS) is 16.5. The molecular weight excluding hydrogens is 358 g/mol. The van der Waals surface area contributed by atoms with Crippen molar-refractivity contribution >= 4 is 16.8 Å². The molecule has 7 nitrogen and oxygen atoms in total. The zero-order valence-electron chi connectivity index (χ0n) is 16.2. The van der Waals surface area contributed by atoms with E-state index in [9.17, 15) is 9.90 Å². The van der Waals surface area contributed by atoms with Crippen LogP contribution < -0.4 is 15.4 Å². The lowest BCUT2D eigenvalue weighted by molar-refractivity contribution is 0.109. The molecule has 3 aromatic rings. The number of benzene rings is 2. The second-order valence-corrected chi connectivity index (χ2v) is 7.13. The van der Waals surface area contributed by atoms with Gasteiger partial charge in [0.2, 0.25) is 0 Å². The van der Waals surface area contributed by atoms with Crippen LogP contribution in [0.3, 0.4) is 0 Å². The smallest absolute Gasteiger partial charge is 0.419 e. The molecule has 0 spiro atoms. The molecule has 2 aromatic carbocycles. The number of methoxy groups -OCH3 is 1. The summed E-state index contributed by atoms with van der Waals surface area (Å²) in [5.41, 5.74) is 3.10. The van der Waals surface area contributed by atoms with E-state index < -0.39 is 11.9 Å². The Morgan fingerprint density at radius 2 is 1.89 bits per heavy atom. The number of aryl methyl sites for hydroxylation is 1. The molecule has 0 unspecified atom stereocenters. The summed E-state index contributed by atoms with van der Waals surface area (Å²) in [5.74, 6) is 0.489. The molecule has 0 aliphatic carbocycles. The summed E-state index contributed by atoms with van der Waals surface area (Å²) in [6.07, 6.45) is -0.632. The van der Waals surface area contributed by atoms with Gasteiger partial charge >= 0.3 is 5.76 Å². The molecule has 0 radical (unpaired) electrons. The Morgan fingerprint density at radius 3 is 2.64 bits per heavy atom. The minimum Gasteiger partial charge on any atom is -0.495 e. The molecule has 1 fully saturated rings. The van der Waals surface area contributed by atoms with Gasteiger partial charge in [-0.05, 0) is 29.8 Å². The number of ether oxygens (including phenoxy) is 1. The van der Waals surface area contributed by atoms with E-state index in [1.807, 2.05) is 30.3 Å². The molecule has 1 atom stereocenters. The Balaban J connectivity index is 1.40. The zero-order chi connectivity index (χ0) is 19.7. The van der Waals surface area contributed by atoms with Gasteiger partial charge in [0, 0.05) is 39.8 Å². The minimum atomic E-state index is -0.632. The van der Waals surface area contributed by atoms with Gasteiger partial charge in [0.1, 0.15) is 5.75 Å². The quantitative estimate of drug-likeness (QED) is 0.727. The summed E-state index contributed by atoms with van der Waals surface area (Å²) < 4.78 is 12.2. The molecular formula is C21H25N3O4. The predicted molar refractivity (Wildman–Crippen MR) is 108 cm³/mol. The lowest BCUT2D eigenvalue weighted by Gasteiger charge is -2.37. The molecule has 1 aliphatic rings. The van der Waals surface area contributed by atoms with Crippen molar-refractivity contribution in [1.29, 1.82) is 0 Å². The summed E-state index contributed by atoms with van der Waals surface area (Å²) in [6, 6.07) is 13.5. The van der Waals surface area contributed by atoms with Crippen molar-refractivity contribution in [2.24, 2.45) is 7.05 Å². The number of para-hydroxylation sites is 2. The Kier molecular flexibility index (Phi) is 5.11. The number of oxazole rings is 1. The van der Waals surface area contributed by atoms with Crippen LogP contribution in [0.4, 0.5) is 5.69 Å². The number of rotatable bonds is 5. The summed E-state index contributed by atoms with van der Waals surface area (Å²) in [6.45, 7) is 4.01. The van der Waals surface area contributed by atoms with E-state index in [0.717, 1.165) is 48.7 Å². The summed E-state index contributed by atoms with van der Waals surface area (Å²) in [7, 11) is 3.36. The average Bonchev–Trinajstić information content (AvgIpc) is 3.01. The fraction of sp³-hybridized carbons (Fsp3) is 0.381. The van der Waals surface area contributed by atoms with Crippen molar-refractivity contribution in [3.05, 3.63) is 58.6 Å². The molecule has 7 heteroatoms. The van der Waals surface area contributed by atoms with Crippen molar-refractivity contribution in [2.45, 2.75) is 6.10 Å². The average molecular weight is 383 g/mol. The molecule has 28 heavy (non-hydrogen) atoms. The Labute approximate surface area is 163 Å². The first-order valence-electron chi connectivity index (χ1n) is 9.44. The van der Waals surface area contributed by atoms with Gasteiger partial charge in [0.25, 0.3) is 0 Å². The van der Waals surface area contributed by atoms with Crippen molar-refractivity contribution in [2.75, 3.05) is 44.7 Å². The van der Waals surface area contributed by atoms with Crippen LogP contribution in [0.5, 0.6) is 5.75 Å². The maximum atomic E-state index is 11.6. The van der Waals surface area contributed by atoms with Crippen LogP contribution in [0, 0.1) is 0 Å². The van der Waals surface area contributed by atoms with Crippen LogP contribution in [-0.4, -0.2) is 54.4 Å². The van der Waals surface area contributed by atoms with Crippen LogP contribution >= 0.6 is 0 Å². The van der Waals surface area contributed by atoms with Gasteiger partial charge in [-0.2, -0.15) is 0 Å². The first kappa shape index (κ1) is 18.6. The van der Waals surface area contributed by atoms with E-state index in [0.29, 0.717) is 12.1 Å². The molecule has 4 rings (SSSR count). The number of aromatic nitrogens is 1. The molecule has 1 aromatic heterocycles. The summed E-state index contributed by atoms with van der Waals surface area (Å²) in [4.78, 5) is 16.2. The molecule has 148 valence electrons. The van der Waals surface area contributed by atoms with E-state index >= 15 is 0 Å². The molecule has 0 bridgehead atoms. The highest BCUT2D eigenvalue weighted by molar-refractivity contribution is 5.73.